The van der Waals surface area contributed by atoms with Crippen molar-refractivity contribution in [3.8, 4) is 11.3 Å². The predicted octanol–water partition coefficient (Wildman–Crippen LogP) is 4.48. The fourth-order valence-electron chi connectivity index (χ4n) is 6.53. The van der Waals surface area contributed by atoms with Crippen molar-refractivity contribution in [3.05, 3.63) is 99.9 Å². The Labute approximate surface area is 274 Å². The van der Waals surface area contributed by atoms with Crippen LogP contribution in [0, 0.1) is 10.1 Å². The van der Waals surface area contributed by atoms with E-state index in [1.54, 1.807) is 17.0 Å². The molecule has 8 rings (SSSR count). The maximum Gasteiger partial charge on any atom is 0.271 e. The molecule has 0 radical (unpaired) electrons. The van der Waals surface area contributed by atoms with Crippen molar-refractivity contribution in [1.82, 2.24) is 39.6 Å². The average molecular weight is 648 g/mol. The standard InChI is InChI=1S/C33H33N11O4/c45-32(40-11-4-12-41(15-14-40)33-35-26-10-9-24(44(46)47)18-27(26)36-33)31-29(38-43-13-2-8-30(31)43)21-42-20-28(37-39-42)22-5-1-6-23(17-22)34-19-25-7-3-16-48-25/h1,3,5-7,9-10,16-18,20,34H,2,4,8,11-15,19,21H2,(H,35,36). The van der Waals surface area contributed by atoms with Gasteiger partial charge in [0.25, 0.3) is 11.6 Å². The van der Waals surface area contributed by atoms with Crippen molar-refractivity contribution in [2.24, 2.45) is 0 Å². The molecule has 0 aliphatic carbocycles. The summed E-state index contributed by atoms with van der Waals surface area (Å²) in [6.07, 6.45) is 6.06. The van der Waals surface area contributed by atoms with Gasteiger partial charge in [0.1, 0.15) is 11.5 Å². The molecule has 6 aromatic rings. The summed E-state index contributed by atoms with van der Waals surface area (Å²) in [5.74, 6) is 1.47. The highest BCUT2D eigenvalue weighted by Gasteiger charge is 2.31. The minimum Gasteiger partial charge on any atom is -0.467 e. The molecule has 2 N–H and O–H groups in total. The van der Waals surface area contributed by atoms with Crippen molar-refractivity contribution in [3.63, 3.8) is 0 Å². The van der Waals surface area contributed by atoms with Gasteiger partial charge in [-0.25, -0.2) is 9.67 Å². The molecule has 48 heavy (non-hydrogen) atoms. The molecule has 0 spiro atoms. The summed E-state index contributed by atoms with van der Waals surface area (Å²) in [5.41, 5.74) is 6.22. The number of nitrogens with zero attached hydrogens (tertiary/aromatic N) is 9. The number of aromatic amines is 1. The molecule has 1 saturated heterocycles. The van der Waals surface area contributed by atoms with Gasteiger partial charge < -0.3 is 24.5 Å². The number of nitrogens with one attached hydrogen (secondary N) is 2. The topological polar surface area (TPSA) is 169 Å². The molecule has 4 aromatic heterocycles. The molecule has 0 saturated carbocycles. The number of rotatable bonds is 9. The Morgan fingerprint density at radius 1 is 1.04 bits per heavy atom. The van der Waals surface area contributed by atoms with Crippen molar-refractivity contribution >= 4 is 34.3 Å². The summed E-state index contributed by atoms with van der Waals surface area (Å²) in [7, 11) is 0. The van der Waals surface area contributed by atoms with E-state index in [1.165, 1.54) is 12.1 Å². The lowest BCUT2D eigenvalue weighted by molar-refractivity contribution is -0.384. The number of imidazole rings is 1. The van der Waals surface area contributed by atoms with Crippen LogP contribution in [0.4, 0.5) is 17.3 Å². The summed E-state index contributed by atoms with van der Waals surface area (Å²) in [5, 5.41) is 28.3. The van der Waals surface area contributed by atoms with Crippen LogP contribution in [0.15, 0.2) is 71.5 Å². The number of furan rings is 1. The van der Waals surface area contributed by atoms with Crippen LogP contribution in [-0.4, -0.2) is 76.7 Å². The molecule has 2 aromatic carbocycles. The molecule has 15 nitrogen and oxygen atoms in total. The number of carbonyl (C=O) groups excluding carboxylic acids is 1. The molecule has 0 atom stereocenters. The highest BCUT2D eigenvalue weighted by Crippen LogP contribution is 2.27. The van der Waals surface area contributed by atoms with Gasteiger partial charge >= 0.3 is 0 Å². The van der Waals surface area contributed by atoms with Gasteiger partial charge in [-0.1, -0.05) is 17.3 Å². The number of hydrogen-bond donors (Lipinski definition) is 2. The normalized spacial score (nSPS) is 14.8. The first-order chi connectivity index (χ1) is 23.5. The number of non-ortho nitro benzene ring substituents is 1. The summed E-state index contributed by atoms with van der Waals surface area (Å²) < 4.78 is 9.12. The fourth-order valence-corrected chi connectivity index (χ4v) is 6.53. The van der Waals surface area contributed by atoms with Crippen LogP contribution in [0.3, 0.4) is 0 Å². The Morgan fingerprint density at radius 2 is 1.98 bits per heavy atom. The first kappa shape index (κ1) is 29.4. The van der Waals surface area contributed by atoms with Crippen LogP contribution >= 0.6 is 0 Å². The largest absolute Gasteiger partial charge is 0.467 e. The van der Waals surface area contributed by atoms with Crippen LogP contribution in [0.5, 0.6) is 0 Å². The maximum absolute atomic E-state index is 14.2. The highest BCUT2D eigenvalue weighted by molar-refractivity contribution is 5.96. The third-order valence-corrected chi connectivity index (χ3v) is 8.93. The number of H-pyrrole nitrogens is 1. The third kappa shape index (κ3) is 5.74. The maximum atomic E-state index is 14.2. The molecule has 15 heteroatoms. The smallest absolute Gasteiger partial charge is 0.271 e. The second-order valence-electron chi connectivity index (χ2n) is 12.1. The highest BCUT2D eigenvalue weighted by atomic mass is 16.6. The second-order valence-corrected chi connectivity index (χ2v) is 12.1. The zero-order valence-electron chi connectivity index (χ0n) is 26.1. The molecule has 1 fully saturated rings. The Kier molecular flexibility index (Phi) is 7.55. The Morgan fingerprint density at radius 3 is 2.85 bits per heavy atom. The zero-order valence-corrected chi connectivity index (χ0v) is 26.1. The van der Waals surface area contributed by atoms with E-state index in [2.05, 4.69) is 30.5 Å². The zero-order chi connectivity index (χ0) is 32.6. The molecule has 1 amide bonds. The molecule has 2 aliphatic heterocycles. The van der Waals surface area contributed by atoms with Gasteiger partial charge in [-0.3, -0.25) is 19.6 Å². The van der Waals surface area contributed by atoms with Gasteiger partial charge in [-0.15, -0.1) is 5.10 Å². The summed E-state index contributed by atoms with van der Waals surface area (Å²) in [4.78, 5) is 36.9. The lowest BCUT2D eigenvalue weighted by Crippen LogP contribution is -2.36. The van der Waals surface area contributed by atoms with Crippen molar-refractivity contribution < 1.29 is 14.1 Å². The second kappa shape index (κ2) is 12.3. The molecule has 6 heterocycles. The average Bonchev–Trinajstić information content (AvgIpc) is 3.93. The number of aryl methyl sites for hydroxylation is 1. The SMILES string of the molecule is O=C(c1c(Cn2cc(-c3cccc(NCc4ccco4)c3)nn2)nn2c1CCC2)N1CCCN(c2nc3ccc([N+](=O)[O-])cc3[nH]2)CC1. The summed E-state index contributed by atoms with van der Waals surface area (Å²) in [6, 6.07) is 16.4. The van der Waals surface area contributed by atoms with E-state index in [9.17, 15) is 14.9 Å². The molecule has 0 unspecified atom stereocenters. The molecule has 244 valence electrons. The van der Waals surface area contributed by atoms with E-state index in [-0.39, 0.29) is 11.6 Å². The molecule has 2 aliphatic rings. The number of benzene rings is 2. The monoisotopic (exact) mass is 647 g/mol. The van der Waals surface area contributed by atoms with Crippen molar-refractivity contribution in [2.45, 2.75) is 38.9 Å². The van der Waals surface area contributed by atoms with Crippen molar-refractivity contribution in [1.29, 1.82) is 0 Å². The Bertz CT molecular complexity index is 2110. The Balaban J connectivity index is 0.976. The van der Waals surface area contributed by atoms with Crippen LogP contribution in [0.1, 0.15) is 40.3 Å². The van der Waals surface area contributed by atoms with Crippen LogP contribution < -0.4 is 10.2 Å². The van der Waals surface area contributed by atoms with E-state index in [1.807, 2.05) is 52.2 Å². The lowest BCUT2D eigenvalue weighted by atomic mass is 10.1. The van der Waals surface area contributed by atoms with Crippen LogP contribution in [-0.2, 0) is 26.1 Å². The Hall–Kier alpha value is -5.99. The minimum atomic E-state index is -0.416. The summed E-state index contributed by atoms with van der Waals surface area (Å²) >= 11 is 0. The number of amides is 1. The number of anilines is 2. The number of fused-ring (bicyclic) bond motifs is 2. The van der Waals surface area contributed by atoms with Gasteiger partial charge in [-0.2, -0.15) is 5.10 Å². The lowest BCUT2D eigenvalue weighted by Gasteiger charge is -2.22. The van der Waals surface area contributed by atoms with Gasteiger partial charge in [0.2, 0.25) is 5.95 Å². The molecular formula is C33H33N11O4. The number of carbonyl (C=O) groups is 1. The van der Waals surface area contributed by atoms with Crippen LogP contribution in [0.25, 0.3) is 22.3 Å². The number of nitro groups is 1. The van der Waals surface area contributed by atoms with Gasteiger partial charge in [-0.05, 0) is 49.6 Å². The summed E-state index contributed by atoms with van der Waals surface area (Å²) in [6.45, 7) is 4.08. The van der Waals surface area contributed by atoms with E-state index in [4.69, 9.17) is 9.52 Å². The molecule has 0 bridgehead atoms. The van der Waals surface area contributed by atoms with Gasteiger partial charge in [0.05, 0.1) is 58.5 Å². The predicted molar refractivity (Wildman–Crippen MR) is 177 cm³/mol. The van der Waals surface area contributed by atoms with E-state index in [0.29, 0.717) is 67.5 Å². The third-order valence-electron chi connectivity index (χ3n) is 8.93. The number of nitro benzene ring substituents is 1. The van der Waals surface area contributed by atoms with Gasteiger partial charge in [0.15, 0.2) is 0 Å². The van der Waals surface area contributed by atoms with Crippen LogP contribution in [0.2, 0.25) is 0 Å². The quantitative estimate of drug-likeness (QED) is 0.169. The minimum absolute atomic E-state index is 0.0144. The van der Waals surface area contributed by atoms with Crippen molar-refractivity contribution in [2.75, 3.05) is 36.4 Å². The fraction of sp³-hybridized carbons (Fsp3) is 0.303. The number of aromatic nitrogens is 7. The first-order valence-corrected chi connectivity index (χ1v) is 16.0. The molecular weight excluding hydrogens is 614 g/mol. The first-order valence-electron chi connectivity index (χ1n) is 16.0. The van der Waals surface area contributed by atoms with Gasteiger partial charge in [0, 0.05) is 56.1 Å². The van der Waals surface area contributed by atoms with E-state index >= 15 is 0 Å². The van der Waals surface area contributed by atoms with E-state index in [0.717, 1.165) is 54.2 Å². The number of hydrogen-bond acceptors (Lipinski definition) is 10. The van der Waals surface area contributed by atoms with E-state index < -0.39 is 4.92 Å².